The highest BCUT2D eigenvalue weighted by Gasteiger charge is 2.29. The van der Waals surface area contributed by atoms with Crippen molar-refractivity contribution in [2.45, 2.75) is 33.6 Å². The summed E-state index contributed by atoms with van der Waals surface area (Å²) in [4.78, 5) is 26.2. The molecule has 0 bridgehead atoms. The molecule has 1 aliphatic rings. The number of rotatable bonds is 3. The van der Waals surface area contributed by atoms with Crippen LogP contribution in [0.2, 0.25) is 0 Å². The van der Waals surface area contributed by atoms with E-state index in [2.05, 4.69) is 6.07 Å². The summed E-state index contributed by atoms with van der Waals surface area (Å²) in [5, 5.41) is 0. The Kier molecular flexibility index (Phi) is 4.99. The Balaban J connectivity index is 2.10. The monoisotopic (exact) mass is 289 g/mol. The zero-order chi connectivity index (χ0) is 15.4. The fraction of sp³-hybridized carbons (Fsp3) is 0.529. The zero-order valence-electron chi connectivity index (χ0n) is 13.0. The third-order valence-electron chi connectivity index (χ3n) is 3.80. The second-order valence-electron chi connectivity index (χ2n) is 5.72. The van der Waals surface area contributed by atoms with E-state index in [4.69, 9.17) is 4.74 Å². The highest BCUT2D eigenvalue weighted by Crippen LogP contribution is 2.20. The van der Waals surface area contributed by atoms with Crippen LogP contribution in [0.3, 0.4) is 0 Å². The number of esters is 1. The summed E-state index contributed by atoms with van der Waals surface area (Å²) in [5.41, 5.74) is 2.87. The van der Waals surface area contributed by atoms with Crippen molar-refractivity contribution in [3.8, 4) is 0 Å². The first-order chi connectivity index (χ1) is 10.0. The molecule has 1 fully saturated rings. The first-order valence-corrected chi connectivity index (χ1v) is 7.55. The van der Waals surface area contributed by atoms with Crippen LogP contribution in [0.15, 0.2) is 18.2 Å². The zero-order valence-corrected chi connectivity index (χ0v) is 13.0. The van der Waals surface area contributed by atoms with Crippen molar-refractivity contribution in [2.75, 3.05) is 19.7 Å². The Morgan fingerprint density at radius 2 is 1.90 bits per heavy atom. The molecule has 0 N–H and O–H groups in total. The van der Waals surface area contributed by atoms with E-state index in [9.17, 15) is 9.59 Å². The lowest BCUT2D eigenvalue weighted by Gasteiger charge is -2.31. The molecule has 2 rings (SSSR count). The molecule has 0 aliphatic carbocycles. The molecule has 0 saturated carbocycles. The molecule has 0 radical (unpaired) electrons. The SMILES string of the molecule is CCOC(=O)C1CCCN(C(=O)c2cc(C)cc(C)c2)C1. The van der Waals surface area contributed by atoms with Gasteiger partial charge in [-0.25, -0.2) is 0 Å². The standard InChI is InChI=1S/C17H23NO3/c1-4-21-17(20)14-6-5-7-18(11-14)16(19)15-9-12(2)8-13(3)10-15/h8-10,14H,4-7,11H2,1-3H3. The van der Waals surface area contributed by atoms with Crippen molar-refractivity contribution >= 4 is 11.9 Å². The Labute approximate surface area is 126 Å². The molecular weight excluding hydrogens is 266 g/mol. The van der Waals surface area contributed by atoms with Crippen LogP contribution in [-0.4, -0.2) is 36.5 Å². The quantitative estimate of drug-likeness (QED) is 0.804. The van der Waals surface area contributed by atoms with E-state index in [1.165, 1.54) is 0 Å². The van der Waals surface area contributed by atoms with Gasteiger partial charge in [0.2, 0.25) is 0 Å². The highest BCUT2D eigenvalue weighted by molar-refractivity contribution is 5.95. The van der Waals surface area contributed by atoms with Gasteiger partial charge >= 0.3 is 5.97 Å². The third kappa shape index (κ3) is 3.84. The molecule has 1 atom stereocenters. The number of ether oxygens (including phenoxy) is 1. The molecule has 1 aliphatic heterocycles. The number of carbonyl (C=O) groups is 2. The molecular formula is C17H23NO3. The lowest BCUT2D eigenvalue weighted by atomic mass is 9.97. The summed E-state index contributed by atoms with van der Waals surface area (Å²) in [7, 11) is 0. The molecule has 1 amide bonds. The van der Waals surface area contributed by atoms with Gasteiger partial charge in [0.05, 0.1) is 12.5 Å². The minimum atomic E-state index is -0.187. The lowest BCUT2D eigenvalue weighted by Crippen LogP contribution is -2.42. The van der Waals surface area contributed by atoms with Crippen LogP contribution in [0.5, 0.6) is 0 Å². The molecule has 4 heteroatoms. The summed E-state index contributed by atoms with van der Waals surface area (Å²) in [6.45, 7) is 7.34. The molecule has 21 heavy (non-hydrogen) atoms. The van der Waals surface area contributed by atoms with Gasteiger partial charge in [0.25, 0.3) is 5.91 Å². The maximum Gasteiger partial charge on any atom is 0.310 e. The summed E-state index contributed by atoms with van der Waals surface area (Å²) in [5.74, 6) is -0.361. The van der Waals surface area contributed by atoms with Gasteiger partial charge in [-0.05, 0) is 45.7 Å². The van der Waals surface area contributed by atoms with Gasteiger partial charge in [0.15, 0.2) is 0 Å². The van der Waals surface area contributed by atoms with E-state index in [0.717, 1.165) is 24.0 Å². The number of hydrogen-bond acceptors (Lipinski definition) is 3. The minimum absolute atomic E-state index is 0.01000. The predicted octanol–water partition coefficient (Wildman–Crippen LogP) is 2.72. The number of hydrogen-bond donors (Lipinski definition) is 0. The number of benzene rings is 1. The lowest BCUT2D eigenvalue weighted by molar-refractivity contribution is -0.149. The van der Waals surface area contributed by atoms with E-state index in [0.29, 0.717) is 25.3 Å². The van der Waals surface area contributed by atoms with Gasteiger partial charge in [0.1, 0.15) is 0 Å². The van der Waals surface area contributed by atoms with Crippen molar-refractivity contribution in [3.05, 3.63) is 34.9 Å². The van der Waals surface area contributed by atoms with Crippen molar-refractivity contribution in [3.63, 3.8) is 0 Å². The van der Waals surface area contributed by atoms with Gasteiger partial charge < -0.3 is 9.64 Å². The molecule has 1 heterocycles. The van der Waals surface area contributed by atoms with E-state index in [1.807, 2.05) is 26.0 Å². The largest absolute Gasteiger partial charge is 0.466 e. The van der Waals surface area contributed by atoms with E-state index >= 15 is 0 Å². The normalized spacial score (nSPS) is 18.4. The number of likely N-dealkylation sites (tertiary alicyclic amines) is 1. The Hall–Kier alpha value is -1.84. The maximum absolute atomic E-state index is 12.6. The van der Waals surface area contributed by atoms with Gasteiger partial charge in [0, 0.05) is 18.7 Å². The van der Waals surface area contributed by atoms with Crippen LogP contribution in [0.25, 0.3) is 0 Å². The van der Waals surface area contributed by atoms with Crippen molar-refractivity contribution in [2.24, 2.45) is 5.92 Å². The maximum atomic E-state index is 12.6. The molecule has 1 aromatic rings. The summed E-state index contributed by atoms with van der Waals surface area (Å²) in [6, 6.07) is 5.86. The fourth-order valence-electron chi connectivity index (χ4n) is 2.89. The topological polar surface area (TPSA) is 46.6 Å². The molecule has 1 saturated heterocycles. The Bertz CT molecular complexity index is 519. The van der Waals surface area contributed by atoms with Crippen LogP contribution in [0, 0.1) is 19.8 Å². The first-order valence-electron chi connectivity index (χ1n) is 7.55. The molecule has 0 spiro atoms. The van der Waals surface area contributed by atoms with Crippen LogP contribution in [0.1, 0.15) is 41.3 Å². The van der Waals surface area contributed by atoms with Crippen molar-refractivity contribution in [1.29, 1.82) is 0 Å². The Morgan fingerprint density at radius 3 is 2.52 bits per heavy atom. The number of carbonyl (C=O) groups excluding carboxylic acids is 2. The molecule has 114 valence electrons. The molecule has 4 nitrogen and oxygen atoms in total. The summed E-state index contributed by atoms with van der Waals surface area (Å²) in [6.07, 6.45) is 1.65. The second kappa shape index (κ2) is 6.74. The van der Waals surface area contributed by atoms with Crippen molar-refractivity contribution in [1.82, 2.24) is 4.90 Å². The number of amides is 1. The van der Waals surface area contributed by atoms with E-state index in [1.54, 1.807) is 11.8 Å². The number of nitrogens with zero attached hydrogens (tertiary/aromatic N) is 1. The molecule has 1 unspecified atom stereocenters. The minimum Gasteiger partial charge on any atom is -0.466 e. The average molecular weight is 289 g/mol. The second-order valence-corrected chi connectivity index (χ2v) is 5.72. The van der Waals surface area contributed by atoms with Gasteiger partial charge in [-0.1, -0.05) is 17.2 Å². The molecule has 1 aromatic carbocycles. The average Bonchev–Trinajstić information content (AvgIpc) is 2.46. The van der Waals surface area contributed by atoms with Gasteiger partial charge in [-0.2, -0.15) is 0 Å². The van der Waals surface area contributed by atoms with Crippen LogP contribution < -0.4 is 0 Å². The van der Waals surface area contributed by atoms with E-state index < -0.39 is 0 Å². The predicted molar refractivity (Wildman–Crippen MR) is 81.2 cm³/mol. The van der Waals surface area contributed by atoms with E-state index in [-0.39, 0.29) is 17.8 Å². The van der Waals surface area contributed by atoms with Crippen LogP contribution >= 0.6 is 0 Å². The summed E-state index contributed by atoms with van der Waals surface area (Å²) < 4.78 is 5.08. The van der Waals surface area contributed by atoms with Gasteiger partial charge in [-0.15, -0.1) is 0 Å². The van der Waals surface area contributed by atoms with Gasteiger partial charge in [-0.3, -0.25) is 9.59 Å². The first kappa shape index (κ1) is 15.5. The fourth-order valence-corrected chi connectivity index (χ4v) is 2.89. The van der Waals surface area contributed by atoms with Crippen LogP contribution in [-0.2, 0) is 9.53 Å². The molecule has 0 aromatic heterocycles. The third-order valence-corrected chi connectivity index (χ3v) is 3.80. The number of piperidine rings is 1. The van der Waals surface area contributed by atoms with Crippen LogP contribution in [0.4, 0.5) is 0 Å². The van der Waals surface area contributed by atoms with Crippen molar-refractivity contribution < 1.29 is 14.3 Å². The smallest absolute Gasteiger partial charge is 0.310 e. The summed E-state index contributed by atoms with van der Waals surface area (Å²) >= 11 is 0. The number of aryl methyl sites for hydroxylation is 2. The Morgan fingerprint density at radius 1 is 1.24 bits per heavy atom. The highest BCUT2D eigenvalue weighted by atomic mass is 16.5.